The van der Waals surface area contributed by atoms with Crippen molar-refractivity contribution in [2.24, 2.45) is 35.5 Å². The Labute approximate surface area is 244 Å². The first-order valence-corrected chi connectivity index (χ1v) is 16.3. The van der Waals surface area contributed by atoms with E-state index in [0.29, 0.717) is 35.5 Å². The normalized spacial score (nSPS) is 12.8. The SMILES string of the molecule is CC(C)Cc1ccc(CC(C)C)c(C(C)(C)c2c(CC(C)C)ccc(CC(C)C)c2CC(C)C)c1CC(C)C. The summed E-state index contributed by atoms with van der Waals surface area (Å²) < 4.78 is 0. The monoisotopic (exact) mass is 533 g/mol. The smallest absolute Gasteiger partial charge is 0.0157 e. The lowest BCUT2D eigenvalue weighted by molar-refractivity contribution is 0.541. The zero-order valence-electron chi connectivity index (χ0n) is 28.5. The van der Waals surface area contributed by atoms with Crippen LogP contribution in [-0.4, -0.2) is 0 Å². The molecule has 0 nitrogen and oxygen atoms in total. The third kappa shape index (κ3) is 9.23. The first kappa shape index (κ1) is 33.6. The molecule has 39 heavy (non-hydrogen) atoms. The molecule has 0 heteroatoms. The summed E-state index contributed by atoms with van der Waals surface area (Å²) in [5, 5.41) is 0. The summed E-state index contributed by atoms with van der Waals surface area (Å²) in [5.74, 6) is 3.87. The number of benzene rings is 2. The Balaban J connectivity index is 3.08. The van der Waals surface area contributed by atoms with Crippen molar-refractivity contribution in [2.45, 2.75) is 141 Å². The Kier molecular flexibility index (Phi) is 12.4. The van der Waals surface area contributed by atoms with Crippen molar-refractivity contribution in [3.63, 3.8) is 0 Å². The van der Waals surface area contributed by atoms with E-state index >= 15 is 0 Å². The van der Waals surface area contributed by atoms with Crippen LogP contribution in [-0.2, 0) is 43.9 Å². The molecule has 0 spiro atoms. The van der Waals surface area contributed by atoms with Crippen molar-refractivity contribution in [3.8, 4) is 0 Å². The molecule has 0 aromatic heterocycles. The van der Waals surface area contributed by atoms with Crippen molar-refractivity contribution in [3.05, 3.63) is 68.8 Å². The van der Waals surface area contributed by atoms with E-state index in [2.05, 4.69) is 121 Å². The second kappa shape index (κ2) is 14.4. The molecule has 0 radical (unpaired) electrons. The van der Waals surface area contributed by atoms with Gasteiger partial charge in [-0.3, -0.25) is 0 Å². The molecule has 2 rings (SSSR count). The maximum Gasteiger partial charge on any atom is 0.0157 e. The Morgan fingerprint density at radius 2 is 0.615 bits per heavy atom. The lowest BCUT2D eigenvalue weighted by Crippen LogP contribution is -2.29. The molecule has 0 saturated heterocycles. The van der Waals surface area contributed by atoms with Crippen LogP contribution in [0.25, 0.3) is 0 Å². The highest BCUT2D eigenvalue weighted by molar-refractivity contribution is 5.56. The van der Waals surface area contributed by atoms with Crippen molar-refractivity contribution in [1.82, 2.24) is 0 Å². The standard InChI is InChI=1S/C39H64/c1-25(2)19-31-15-17-33(21-27(5)6)37(35(31)23-29(9)10)39(13,14)38-34(22-28(7)8)18-16-32(20-26(3)4)36(38)24-30(11)12/h15-18,25-30H,19-24H2,1-14H3. The molecule has 0 saturated carbocycles. The molecule has 0 aliphatic heterocycles. The molecule has 0 fully saturated rings. The molecule has 0 amide bonds. The lowest BCUT2D eigenvalue weighted by Gasteiger charge is -2.38. The van der Waals surface area contributed by atoms with Gasteiger partial charge in [-0.1, -0.05) is 121 Å². The largest absolute Gasteiger partial charge is 0.0625 e. The molecule has 2 aromatic carbocycles. The molecular formula is C39H64. The zero-order chi connectivity index (χ0) is 29.7. The highest BCUT2D eigenvalue weighted by Gasteiger charge is 2.35. The van der Waals surface area contributed by atoms with Crippen LogP contribution in [0, 0.1) is 35.5 Å². The topological polar surface area (TPSA) is 0 Å². The van der Waals surface area contributed by atoms with Crippen molar-refractivity contribution < 1.29 is 0 Å². The second-order valence-corrected chi connectivity index (χ2v) is 15.7. The Hall–Kier alpha value is -1.56. The summed E-state index contributed by atoms with van der Waals surface area (Å²) in [5.41, 5.74) is 12.9. The molecule has 0 aliphatic carbocycles. The van der Waals surface area contributed by atoms with E-state index in [4.69, 9.17) is 0 Å². The van der Waals surface area contributed by atoms with Crippen LogP contribution >= 0.6 is 0 Å². The molecule has 0 unspecified atom stereocenters. The van der Waals surface area contributed by atoms with Crippen LogP contribution in [0.4, 0.5) is 0 Å². The Morgan fingerprint density at radius 3 is 0.872 bits per heavy atom. The highest BCUT2D eigenvalue weighted by atomic mass is 14.4. The maximum absolute atomic E-state index is 2.58. The van der Waals surface area contributed by atoms with Crippen LogP contribution < -0.4 is 0 Å². The van der Waals surface area contributed by atoms with Crippen LogP contribution in [0.3, 0.4) is 0 Å². The van der Waals surface area contributed by atoms with E-state index in [-0.39, 0.29) is 5.41 Å². The molecule has 220 valence electrons. The average Bonchev–Trinajstić information content (AvgIpc) is 2.75. The number of hydrogen-bond donors (Lipinski definition) is 0. The van der Waals surface area contributed by atoms with Crippen LogP contribution in [0.15, 0.2) is 24.3 Å². The summed E-state index contributed by atoms with van der Waals surface area (Å²) in [6.07, 6.45) is 6.96. The van der Waals surface area contributed by atoms with Crippen LogP contribution in [0.1, 0.15) is 141 Å². The van der Waals surface area contributed by atoms with Gasteiger partial charge < -0.3 is 0 Å². The van der Waals surface area contributed by atoms with Crippen LogP contribution in [0.5, 0.6) is 0 Å². The fourth-order valence-electron chi connectivity index (χ4n) is 6.93. The third-order valence-electron chi connectivity index (χ3n) is 7.98. The molecule has 0 bridgehead atoms. The van der Waals surface area contributed by atoms with E-state index in [0.717, 1.165) is 38.5 Å². The molecule has 0 aliphatic rings. The van der Waals surface area contributed by atoms with Gasteiger partial charge in [0, 0.05) is 5.41 Å². The summed E-state index contributed by atoms with van der Waals surface area (Å²) in [4.78, 5) is 0. The van der Waals surface area contributed by atoms with Gasteiger partial charge >= 0.3 is 0 Å². The summed E-state index contributed by atoms with van der Waals surface area (Å²) in [6, 6.07) is 10.0. The van der Waals surface area contributed by atoms with Crippen molar-refractivity contribution in [2.75, 3.05) is 0 Å². The van der Waals surface area contributed by atoms with Gasteiger partial charge in [-0.05, 0) is 119 Å². The summed E-state index contributed by atoms with van der Waals surface area (Å²) in [6.45, 7) is 33.8. The van der Waals surface area contributed by atoms with Gasteiger partial charge in [-0.15, -0.1) is 0 Å². The number of hydrogen-bond acceptors (Lipinski definition) is 0. The quantitative estimate of drug-likeness (QED) is 0.227. The predicted octanol–water partition coefficient (Wildman–Crippen LogP) is 11.2. The molecular weight excluding hydrogens is 468 g/mol. The molecule has 2 aromatic rings. The molecule has 0 atom stereocenters. The van der Waals surface area contributed by atoms with Gasteiger partial charge in [0.15, 0.2) is 0 Å². The summed E-state index contributed by atoms with van der Waals surface area (Å²) >= 11 is 0. The lowest BCUT2D eigenvalue weighted by atomic mass is 9.66. The van der Waals surface area contributed by atoms with E-state index in [1.54, 1.807) is 44.5 Å². The molecule has 0 heterocycles. The minimum Gasteiger partial charge on any atom is -0.0625 e. The fourth-order valence-corrected chi connectivity index (χ4v) is 6.93. The van der Waals surface area contributed by atoms with Crippen molar-refractivity contribution in [1.29, 1.82) is 0 Å². The summed E-state index contributed by atoms with van der Waals surface area (Å²) in [7, 11) is 0. The first-order chi connectivity index (χ1) is 18.0. The predicted molar refractivity (Wildman–Crippen MR) is 176 cm³/mol. The van der Waals surface area contributed by atoms with Gasteiger partial charge in [-0.25, -0.2) is 0 Å². The van der Waals surface area contributed by atoms with E-state index < -0.39 is 0 Å². The zero-order valence-corrected chi connectivity index (χ0v) is 28.5. The van der Waals surface area contributed by atoms with Crippen molar-refractivity contribution >= 4 is 0 Å². The van der Waals surface area contributed by atoms with E-state index in [1.165, 1.54) is 0 Å². The van der Waals surface area contributed by atoms with Gasteiger partial charge in [0.25, 0.3) is 0 Å². The third-order valence-corrected chi connectivity index (χ3v) is 7.98. The Morgan fingerprint density at radius 1 is 0.385 bits per heavy atom. The average molecular weight is 533 g/mol. The number of rotatable bonds is 14. The van der Waals surface area contributed by atoms with Gasteiger partial charge in [0.2, 0.25) is 0 Å². The van der Waals surface area contributed by atoms with E-state index in [9.17, 15) is 0 Å². The fraction of sp³-hybridized carbons (Fsp3) is 0.692. The highest BCUT2D eigenvalue weighted by Crippen LogP contribution is 2.44. The maximum atomic E-state index is 2.58. The van der Waals surface area contributed by atoms with Gasteiger partial charge in [0.1, 0.15) is 0 Å². The second-order valence-electron chi connectivity index (χ2n) is 15.7. The van der Waals surface area contributed by atoms with Gasteiger partial charge in [-0.2, -0.15) is 0 Å². The molecule has 0 N–H and O–H groups in total. The first-order valence-electron chi connectivity index (χ1n) is 16.3. The Bertz CT molecular complexity index is 959. The minimum absolute atomic E-state index is 0.0527. The van der Waals surface area contributed by atoms with E-state index in [1.807, 2.05) is 0 Å². The van der Waals surface area contributed by atoms with Crippen LogP contribution in [0.2, 0.25) is 0 Å². The van der Waals surface area contributed by atoms with Gasteiger partial charge in [0.05, 0.1) is 0 Å². The minimum atomic E-state index is -0.0527.